The maximum Gasteiger partial charge on any atom is 0.244 e. The Morgan fingerprint density at radius 3 is 2.18 bits per heavy atom. The van der Waals surface area contributed by atoms with Crippen molar-refractivity contribution in [3.63, 3.8) is 0 Å². The second-order valence-corrected chi connectivity index (χ2v) is 4.81. The highest BCUT2D eigenvalue weighted by Crippen LogP contribution is 2.17. The predicted molar refractivity (Wildman–Crippen MR) is 73.0 cm³/mol. The van der Waals surface area contributed by atoms with E-state index in [1.807, 2.05) is 19.9 Å². The highest BCUT2D eigenvalue weighted by Gasteiger charge is 2.02. The fraction of sp³-hybridized carbons (Fsp3) is 0.400. The third-order valence-corrected chi connectivity index (χ3v) is 2.57. The summed E-state index contributed by atoms with van der Waals surface area (Å²) in [6.45, 7) is 10.1. The van der Waals surface area contributed by atoms with Gasteiger partial charge in [0.2, 0.25) is 5.91 Å². The van der Waals surface area contributed by atoms with E-state index in [2.05, 4.69) is 38.2 Å². The summed E-state index contributed by atoms with van der Waals surface area (Å²) in [5.41, 5.74) is 4.80. The molecule has 0 bridgehead atoms. The van der Waals surface area contributed by atoms with Crippen LogP contribution in [0.3, 0.4) is 0 Å². The Morgan fingerprint density at radius 1 is 1.18 bits per heavy atom. The molecule has 0 saturated carbocycles. The van der Waals surface area contributed by atoms with Gasteiger partial charge in [-0.15, -0.1) is 0 Å². The summed E-state index contributed by atoms with van der Waals surface area (Å²) in [6.07, 6.45) is 3.49. The standard InChI is InChI=1S/C15H21NO/c1-10(2)16-15(17)7-6-14-12(4)8-11(3)9-13(14)5/h6-10H,1-5H3,(H,16,17)/b7-6+. The Bertz CT molecular complexity index is 421. The zero-order valence-corrected chi connectivity index (χ0v) is 11.3. The molecule has 2 heteroatoms. The van der Waals surface area contributed by atoms with Crippen molar-refractivity contribution in [3.8, 4) is 0 Å². The molecule has 92 valence electrons. The molecule has 0 heterocycles. The van der Waals surface area contributed by atoms with Gasteiger partial charge in [-0.25, -0.2) is 0 Å². The number of rotatable bonds is 3. The lowest BCUT2D eigenvalue weighted by atomic mass is 9.99. The smallest absolute Gasteiger partial charge is 0.244 e. The summed E-state index contributed by atoms with van der Waals surface area (Å²) >= 11 is 0. The number of carbonyl (C=O) groups excluding carboxylic acids is 1. The maximum atomic E-state index is 11.5. The van der Waals surface area contributed by atoms with E-state index in [4.69, 9.17) is 0 Å². The largest absolute Gasteiger partial charge is 0.350 e. The Hall–Kier alpha value is -1.57. The minimum Gasteiger partial charge on any atom is -0.350 e. The van der Waals surface area contributed by atoms with E-state index < -0.39 is 0 Å². The van der Waals surface area contributed by atoms with E-state index in [1.54, 1.807) is 6.08 Å². The van der Waals surface area contributed by atoms with Gasteiger partial charge in [-0.1, -0.05) is 17.7 Å². The fourth-order valence-electron chi connectivity index (χ4n) is 1.95. The van der Waals surface area contributed by atoms with Crippen LogP contribution in [0.2, 0.25) is 0 Å². The zero-order chi connectivity index (χ0) is 13.0. The average Bonchev–Trinajstić information content (AvgIpc) is 2.14. The number of amides is 1. The van der Waals surface area contributed by atoms with Gasteiger partial charge >= 0.3 is 0 Å². The minimum absolute atomic E-state index is 0.0422. The van der Waals surface area contributed by atoms with Crippen molar-refractivity contribution >= 4 is 12.0 Å². The second-order valence-electron chi connectivity index (χ2n) is 4.81. The molecule has 2 nitrogen and oxygen atoms in total. The Kier molecular flexibility index (Phi) is 4.50. The maximum absolute atomic E-state index is 11.5. The zero-order valence-electron chi connectivity index (χ0n) is 11.3. The van der Waals surface area contributed by atoms with Gasteiger partial charge in [0.25, 0.3) is 0 Å². The molecule has 1 N–H and O–H groups in total. The van der Waals surface area contributed by atoms with Gasteiger partial charge < -0.3 is 5.32 Å². The lowest BCUT2D eigenvalue weighted by Crippen LogP contribution is -2.28. The molecular weight excluding hydrogens is 210 g/mol. The van der Waals surface area contributed by atoms with Crippen molar-refractivity contribution in [1.29, 1.82) is 0 Å². The van der Waals surface area contributed by atoms with E-state index in [9.17, 15) is 4.79 Å². The summed E-state index contributed by atoms with van der Waals surface area (Å²) in [7, 11) is 0. The fourth-order valence-corrected chi connectivity index (χ4v) is 1.95. The quantitative estimate of drug-likeness (QED) is 0.795. The average molecular weight is 231 g/mol. The number of aryl methyl sites for hydroxylation is 3. The second kappa shape index (κ2) is 5.67. The first-order valence-corrected chi connectivity index (χ1v) is 5.96. The molecule has 17 heavy (non-hydrogen) atoms. The molecule has 0 aliphatic heterocycles. The normalized spacial score (nSPS) is 11.2. The van der Waals surface area contributed by atoms with Gasteiger partial charge in [-0.05, 0) is 57.4 Å². The minimum atomic E-state index is -0.0422. The van der Waals surface area contributed by atoms with Crippen molar-refractivity contribution in [1.82, 2.24) is 5.32 Å². The Labute approximate surface area is 104 Å². The van der Waals surface area contributed by atoms with E-state index in [1.165, 1.54) is 16.7 Å². The third-order valence-electron chi connectivity index (χ3n) is 2.57. The summed E-state index contributed by atoms with van der Waals surface area (Å²) in [6, 6.07) is 4.44. The van der Waals surface area contributed by atoms with Crippen LogP contribution in [0.15, 0.2) is 18.2 Å². The molecule has 0 aromatic heterocycles. The van der Waals surface area contributed by atoms with Gasteiger partial charge in [-0.2, -0.15) is 0 Å². The molecule has 0 aliphatic rings. The van der Waals surface area contributed by atoms with Gasteiger partial charge in [0.05, 0.1) is 0 Å². The van der Waals surface area contributed by atoms with Gasteiger partial charge in [0.15, 0.2) is 0 Å². The van der Waals surface area contributed by atoms with Crippen LogP contribution >= 0.6 is 0 Å². The lowest BCUT2D eigenvalue weighted by molar-refractivity contribution is -0.116. The van der Waals surface area contributed by atoms with Crippen LogP contribution in [0.1, 0.15) is 36.1 Å². The highest BCUT2D eigenvalue weighted by atomic mass is 16.1. The van der Waals surface area contributed by atoms with E-state index >= 15 is 0 Å². The van der Waals surface area contributed by atoms with Crippen LogP contribution in [0.5, 0.6) is 0 Å². The molecule has 1 rings (SSSR count). The molecule has 0 atom stereocenters. The molecule has 0 saturated heterocycles. The third kappa shape index (κ3) is 4.06. The molecule has 0 radical (unpaired) electrons. The number of nitrogens with one attached hydrogen (secondary N) is 1. The van der Waals surface area contributed by atoms with Gasteiger partial charge in [-0.3, -0.25) is 4.79 Å². The summed E-state index contributed by atoms with van der Waals surface area (Å²) < 4.78 is 0. The SMILES string of the molecule is Cc1cc(C)c(/C=C/C(=O)NC(C)C)c(C)c1. The number of carbonyl (C=O) groups is 1. The van der Waals surface area contributed by atoms with Crippen molar-refractivity contribution in [2.45, 2.75) is 40.7 Å². The van der Waals surface area contributed by atoms with Crippen LogP contribution in [-0.2, 0) is 4.79 Å². The van der Waals surface area contributed by atoms with Crippen LogP contribution < -0.4 is 5.32 Å². The highest BCUT2D eigenvalue weighted by molar-refractivity contribution is 5.92. The Morgan fingerprint density at radius 2 is 1.71 bits per heavy atom. The van der Waals surface area contributed by atoms with Crippen LogP contribution in [0.25, 0.3) is 6.08 Å². The number of hydrogen-bond acceptors (Lipinski definition) is 1. The first kappa shape index (κ1) is 13.5. The molecular formula is C15H21NO. The van der Waals surface area contributed by atoms with E-state index in [0.29, 0.717) is 0 Å². The molecule has 0 unspecified atom stereocenters. The molecule has 0 spiro atoms. The van der Waals surface area contributed by atoms with Crippen molar-refractivity contribution in [2.75, 3.05) is 0 Å². The molecule has 1 aromatic rings. The topological polar surface area (TPSA) is 29.1 Å². The monoisotopic (exact) mass is 231 g/mol. The summed E-state index contributed by atoms with van der Waals surface area (Å²) in [5, 5.41) is 2.84. The summed E-state index contributed by atoms with van der Waals surface area (Å²) in [5.74, 6) is -0.0422. The van der Waals surface area contributed by atoms with Gasteiger partial charge in [0.1, 0.15) is 0 Å². The first-order chi connectivity index (χ1) is 7.90. The molecule has 0 aliphatic carbocycles. The first-order valence-electron chi connectivity index (χ1n) is 5.96. The van der Waals surface area contributed by atoms with Crippen LogP contribution in [0.4, 0.5) is 0 Å². The molecule has 0 fully saturated rings. The Balaban J connectivity index is 2.88. The van der Waals surface area contributed by atoms with E-state index in [-0.39, 0.29) is 11.9 Å². The molecule has 1 amide bonds. The van der Waals surface area contributed by atoms with Crippen molar-refractivity contribution < 1.29 is 4.79 Å². The molecule has 1 aromatic carbocycles. The predicted octanol–water partition coefficient (Wildman–Crippen LogP) is 3.15. The number of benzene rings is 1. The van der Waals surface area contributed by atoms with Crippen molar-refractivity contribution in [2.24, 2.45) is 0 Å². The van der Waals surface area contributed by atoms with Gasteiger partial charge in [0, 0.05) is 12.1 Å². The van der Waals surface area contributed by atoms with Crippen molar-refractivity contribution in [3.05, 3.63) is 40.5 Å². The lowest BCUT2D eigenvalue weighted by Gasteiger charge is -2.08. The van der Waals surface area contributed by atoms with Crippen LogP contribution in [-0.4, -0.2) is 11.9 Å². The number of hydrogen-bond donors (Lipinski definition) is 1. The van der Waals surface area contributed by atoms with Crippen LogP contribution in [0, 0.1) is 20.8 Å². The van der Waals surface area contributed by atoms with E-state index in [0.717, 1.165) is 5.56 Å². The summed E-state index contributed by atoms with van der Waals surface area (Å²) in [4.78, 5) is 11.5.